The van der Waals surface area contributed by atoms with Gasteiger partial charge in [0.1, 0.15) is 0 Å². The SMILES string of the molecule is Cc1cccc(CSc2nnc([C@@H]([NH3+])Cc3ccccc3)o2)c1. The molecule has 23 heavy (non-hydrogen) atoms. The van der Waals surface area contributed by atoms with Crippen LogP contribution in [0, 0.1) is 6.92 Å². The third kappa shape index (κ3) is 4.43. The quantitative estimate of drug-likeness (QED) is 0.706. The van der Waals surface area contributed by atoms with Crippen molar-refractivity contribution in [1.82, 2.24) is 10.2 Å². The van der Waals surface area contributed by atoms with Crippen LogP contribution in [0.5, 0.6) is 0 Å². The molecule has 1 heterocycles. The standard InChI is InChI=1S/C18H19N3OS/c1-13-6-5-9-15(10-13)12-23-18-21-20-17(22-18)16(19)11-14-7-3-2-4-8-14/h2-10,16H,11-12,19H2,1H3/p+1/t16-/m0/s1. The molecule has 0 saturated carbocycles. The molecule has 4 nitrogen and oxygen atoms in total. The highest BCUT2D eigenvalue weighted by Crippen LogP contribution is 2.23. The highest BCUT2D eigenvalue weighted by Gasteiger charge is 2.18. The number of nitrogens with zero attached hydrogens (tertiary/aromatic N) is 2. The minimum atomic E-state index is -0.0294. The zero-order chi connectivity index (χ0) is 16.1. The molecule has 3 aromatic rings. The van der Waals surface area contributed by atoms with Crippen molar-refractivity contribution in [3.63, 3.8) is 0 Å². The van der Waals surface area contributed by atoms with E-state index >= 15 is 0 Å². The van der Waals surface area contributed by atoms with Gasteiger partial charge >= 0.3 is 0 Å². The maximum atomic E-state index is 5.75. The highest BCUT2D eigenvalue weighted by molar-refractivity contribution is 7.98. The van der Waals surface area contributed by atoms with Gasteiger partial charge in [-0.3, -0.25) is 0 Å². The van der Waals surface area contributed by atoms with Crippen LogP contribution in [0.15, 0.2) is 64.2 Å². The highest BCUT2D eigenvalue weighted by atomic mass is 32.2. The Morgan fingerprint density at radius 2 is 1.83 bits per heavy atom. The molecule has 1 atom stereocenters. The van der Waals surface area contributed by atoms with E-state index in [-0.39, 0.29) is 6.04 Å². The lowest BCUT2D eigenvalue weighted by atomic mass is 10.1. The summed E-state index contributed by atoms with van der Waals surface area (Å²) in [6, 6.07) is 18.6. The first kappa shape index (κ1) is 15.8. The van der Waals surface area contributed by atoms with Crippen LogP contribution in [-0.2, 0) is 12.2 Å². The van der Waals surface area contributed by atoms with Crippen molar-refractivity contribution in [1.29, 1.82) is 0 Å². The lowest BCUT2D eigenvalue weighted by Crippen LogP contribution is -2.54. The smallest absolute Gasteiger partial charge is 0.277 e. The molecule has 0 radical (unpaired) electrons. The summed E-state index contributed by atoms with van der Waals surface area (Å²) < 4.78 is 5.75. The number of thioether (sulfide) groups is 1. The predicted molar refractivity (Wildman–Crippen MR) is 90.8 cm³/mol. The zero-order valence-corrected chi connectivity index (χ0v) is 13.9. The largest absolute Gasteiger partial charge is 0.410 e. The number of benzene rings is 2. The minimum Gasteiger partial charge on any atom is -0.410 e. The summed E-state index contributed by atoms with van der Waals surface area (Å²) in [5.74, 6) is 1.42. The Hall–Kier alpha value is -2.11. The topological polar surface area (TPSA) is 66.6 Å². The summed E-state index contributed by atoms with van der Waals surface area (Å²) >= 11 is 1.56. The van der Waals surface area contributed by atoms with Gasteiger partial charge in [-0.05, 0) is 18.1 Å². The molecule has 0 bridgehead atoms. The average molecular weight is 326 g/mol. The maximum Gasteiger partial charge on any atom is 0.277 e. The monoisotopic (exact) mass is 326 g/mol. The van der Waals surface area contributed by atoms with Crippen molar-refractivity contribution in [3.05, 3.63) is 77.2 Å². The van der Waals surface area contributed by atoms with Gasteiger partial charge in [0.05, 0.1) is 0 Å². The van der Waals surface area contributed by atoms with Crippen LogP contribution >= 0.6 is 11.8 Å². The van der Waals surface area contributed by atoms with Crippen LogP contribution in [0.2, 0.25) is 0 Å². The van der Waals surface area contributed by atoms with E-state index in [1.54, 1.807) is 11.8 Å². The number of aromatic nitrogens is 2. The fourth-order valence-electron chi connectivity index (χ4n) is 2.38. The number of aryl methyl sites for hydroxylation is 1. The van der Waals surface area contributed by atoms with Crippen molar-refractivity contribution in [3.8, 4) is 0 Å². The Kier molecular flexibility index (Phi) is 5.10. The average Bonchev–Trinajstić information content (AvgIpc) is 3.03. The van der Waals surface area contributed by atoms with Crippen LogP contribution in [0.25, 0.3) is 0 Å². The summed E-state index contributed by atoms with van der Waals surface area (Å²) in [6.45, 7) is 2.09. The summed E-state index contributed by atoms with van der Waals surface area (Å²) in [5.41, 5.74) is 7.88. The summed E-state index contributed by atoms with van der Waals surface area (Å²) in [5, 5.41) is 8.86. The molecule has 1 aromatic heterocycles. The molecule has 0 unspecified atom stereocenters. The van der Waals surface area contributed by atoms with Crippen LogP contribution in [-0.4, -0.2) is 10.2 Å². The zero-order valence-electron chi connectivity index (χ0n) is 13.1. The van der Waals surface area contributed by atoms with Crippen LogP contribution < -0.4 is 5.73 Å². The summed E-state index contributed by atoms with van der Waals surface area (Å²) in [4.78, 5) is 0. The molecule has 3 N–H and O–H groups in total. The second kappa shape index (κ2) is 7.44. The predicted octanol–water partition coefficient (Wildman–Crippen LogP) is 3.20. The van der Waals surface area contributed by atoms with E-state index in [9.17, 15) is 0 Å². The van der Waals surface area contributed by atoms with Gasteiger partial charge in [0.2, 0.25) is 0 Å². The lowest BCUT2D eigenvalue weighted by molar-refractivity contribution is -0.431. The molecule has 0 aliphatic heterocycles. The number of hydrogen-bond acceptors (Lipinski definition) is 4. The Morgan fingerprint density at radius 3 is 2.61 bits per heavy atom. The summed E-state index contributed by atoms with van der Waals surface area (Å²) in [6.07, 6.45) is 0.797. The third-order valence-electron chi connectivity index (χ3n) is 3.54. The second-order valence-corrected chi connectivity index (χ2v) is 6.50. The van der Waals surface area contributed by atoms with E-state index < -0.39 is 0 Å². The van der Waals surface area contributed by atoms with Crippen LogP contribution in [0.4, 0.5) is 0 Å². The Labute approximate surface area is 140 Å². The Morgan fingerprint density at radius 1 is 1.04 bits per heavy atom. The fourth-order valence-corrected chi connectivity index (χ4v) is 3.09. The molecule has 0 aliphatic carbocycles. The van der Waals surface area contributed by atoms with Gasteiger partial charge in [-0.25, -0.2) is 0 Å². The first-order valence-corrected chi connectivity index (χ1v) is 8.58. The van der Waals surface area contributed by atoms with E-state index in [0.717, 1.165) is 12.2 Å². The molecule has 5 heteroatoms. The molecular formula is C18H20N3OS+. The van der Waals surface area contributed by atoms with E-state index in [0.29, 0.717) is 11.1 Å². The van der Waals surface area contributed by atoms with Crippen LogP contribution in [0.3, 0.4) is 0 Å². The van der Waals surface area contributed by atoms with Crippen molar-refractivity contribution < 1.29 is 10.2 Å². The summed E-state index contributed by atoms with van der Waals surface area (Å²) in [7, 11) is 0. The van der Waals surface area contributed by atoms with E-state index in [2.05, 4.69) is 59.3 Å². The first-order chi connectivity index (χ1) is 11.2. The van der Waals surface area contributed by atoms with Crippen LogP contribution in [0.1, 0.15) is 28.6 Å². The van der Waals surface area contributed by atoms with Gasteiger partial charge in [-0.2, -0.15) is 0 Å². The third-order valence-corrected chi connectivity index (χ3v) is 4.43. The molecule has 0 aliphatic rings. The molecule has 0 saturated heterocycles. The van der Waals surface area contributed by atoms with Crippen molar-refractivity contribution in [2.24, 2.45) is 0 Å². The van der Waals surface area contributed by atoms with Crippen molar-refractivity contribution >= 4 is 11.8 Å². The van der Waals surface area contributed by atoms with Crippen molar-refractivity contribution in [2.75, 3.05) is 0 Å². The van der Waals surface area contributed by atoms with Crippen molar-refractivity contribution in [2.45, 2.75) is 30.4 Å². The molecule has 0 fully saturated rings. The number of rotatable bonds is 6. The van der Waals surface area contributed by atoms with Gasteiger partial charge < -0.3 is 10.2 Å². The molecule has 0 amide bonds. The Balaban J connectivity index is 1.59. The molecule has 2 aromatic carbocycles. The normalized spacial score (nSPS) is 12.3. The van der Waals surface area contributed by atoms with Gasteiger partial charge in [-0.1, -0.05) is 71.9 Å². The number of hydrogen-bond donors (Lipinski definition) is 1. The van der Waals surface area contributed by atoms with E-state index in [1.807, 2.05) is 18.2 Å². The van der Waals surface area contributed by atoms with Gasteiger partial charge in [-0.15, -0.1) is 10.2 Å². The second-order valence-electron chi connectivity index (χ2n) is 5.57. The van der Waals surface area contributed by atoms with Gasteiger partial charge in [0, 0.05) is 12.2 Å². The molecular weight excluding hydrogens is 306 g/mol. The van der Waals surface area contributed by atoms with Gasteiger partial charge in [0.25, 0.3) is 11.1 Å². The lowest BCUT2D eigenvalue weighted by Gasteiger charge is -2.03. The van der Waals surface area contributed by atoms with E-state index in [4.69, 9.17) is 4.42 Å². The minimum absolute atomic E-state index is 0.0294. The Bertz CT molecular complexity index is 758. The fraction of sp³-hybridized carbons (Fsp3) is 0.222. The number of quaternary nitrogens is 1. The maximum absolute atomic E-state index is 5.75. The van der Waals surface area contributed by atoms with Gasteiger partial charge in [0.15, 0.2) is 6.04 Å². The first-order valence-electron chi connectivity index (χ1n) is 7.59. The van der Waals surface area contributed by atoms with E-state index in [1.165, 1.54) is 16.7 Å². The molecule has 3 rings (SSSR count). The molecule has 0 spiro atoms. The molecule has 118 valence electrons.